The summed E-state index contributed by atoms with van der Waals surface area (Å²) in [5.74, 6) is 0.957. The van der Waals surface area contributed by atoms with Gasteiger partial charge in [0.2, 0.25) is 0 Å². The summed E-state index contributed by atoms with van der Waals surface area (Å²) in [6.07, 6.45) is 11.3. The van der Waals surface area contributed by atoms with Crippen LogP contribution in [0.4, 0.5) is 5.82 Å². The molecule has 2 aromatic rings. The van der Waals surface area contributed by atoms with Crippen LogP contribution < -0.4 is 4.90 Å². The van der Waals surface area contributed by atoms with Crippen LogP contribution in [0.25, 0.3) is 0 Å². The van der Waals surface area contributed by atoms with E-state index < -0.39 is 0 Å². The van der Waals surface area contributed by atoms with Crippen LogP contribution in [0, 0.1) is 0 Å². The topological polar surface area (TPSA) is 54.3 Å². The van der Waals surface area contributed by atoms with E-state index in [4.69, 9.17) is 0 Å². The molecule has 0 saturated carbocycles. The number of anilines is 1. The fourth-order valence-electron chi connectivity index (χ4n) is 3.94. The summed E-state index contributed by atoms with van der Waals surface area (Å²) in [7, 11) is 0. The van der Waals surface area contributed by atoms with Crippen LogP contribution in [0.3, 0.4) is 0 Å². The highest BCUT2D eigenvalue weighted by atomic mass is 16.2. The largest absolute Gasteiger partial charge is 0.356 e. The number of carbonyl (C=O) groups is 1. The molecule has 2 aromatic heterocycles. The van der Waals surface area contributed by atoms with Crippen LogP contribution in [0.5, 0.6) is 0 Å². The number of hydrogen-bond acceptors (Lipinski definition) is 4. The van der Waals surface area contributed by atoms with Crippen molar-refractivity contribution in [2.45, 2.75) is 38.1 Å². The summed E-state index contributed by atoms with van der Waals surface area (Å²) >= 11 is 0. The molecule has 0 aromatic carbocycles. The molecule has 0 radical (unpaired) electrons. The number of piperidine rings is 2. The first-order chi connectivity index (χ1) is 12.3. The standard InChI is InChI=1S/C19H25N5O/c25-19(23-13-5-7-16(15-23)24-14-6-10-21-24)17-8-4-9-20-18(17)22-11-2-1-3-12-22/h4,6,8-10,14,16H,1-3,5,7,11-13,15H2/t16-/m0/s1. The maximum atomic E-state index is 13.2. The molecule has 2 saturated heterocycles. The molecule has 2 aliphatic rings. The molecule has 1 atom stereocenters. The fourth-order valence-corrected chi connectivity index (χ4v) is 3.94. The van der Waals surface area contributed by atoms with Crippen molar-refractivity contribution < 1.29 is 4.79 Å². The first kappa shape index (κ1) is 16.1. The zero-order valence-electron chi connectivity index (χ0n) is 14.5. The summed E-state index contributed by atoms with van der Waals surface area (Å²) in [5, 5.41) is 4.36. The number of pyridine rings is 1. The maximum Gasteiger partial charge on any atom is 0.257 e. The second-order valence-corrected chi connectivity index (χ2v) is 6.96. The van der Waals surface area contributed by atoms with E-state index in [0.717, 1.165) is 50.4 Å². The Morgan fingerprint density at radius 3 is 2.72 bits per heavy atom. The van der Waals surface area contributed by atoms with Gasteiger partial charge in [0.1, 0.15) is 5.82 Å². The van der Waals surface area contributed by atoms with Gasteiger partial charge in [0.25, 0.3) is 5.91 Å². The summed E-state index contributed by atoms with van der Waals surface area (Å²) in [5.41, 5.74) is 0.741. The minimum absolute atomic E-state index is 0.102. The molecule has 1 amide bonds. The molecule has 2 fully saturated rings. The molecule has 2 aliphatic heterocycles. The third-order valence-electron chi connectivity index (χ3n) is 5.26. The number of aromatic nitrogens is 3. The van der Waals surface area contributed by atoms with E-state index in [9.17, 15) is 4.79 Å². The van der Waals surface area contributed by atoms with Crippen molar-refractivity contribution in [1.82, 2.24) is 19.7 Å². The molecule has 4 heterocycles. The molecule has 0 unspecified atom stereocenters. The molecule has 25 heavy (non-hydrogen) atoms. The van der Waals surface area contributed by atoms with Crippen molar-refractivity contribution in [3.63, 3.8) is 0 Å². The first-order valence-electron chi connectivity index (χ1n) is 9.31. The number of amides is 1. The molecule has 4 rings (SSSR count). The van der Waals surface area contributed by atoms with Gasteiger partial charge in [-0.15, -0.1) is 0 Å². The van der Waals surface area contributed by atoms with Crippen LogP contribution in [-0.4, -0.2) is 51.8 Å². The fraction of sp³-hybridized carbons (Fsp3) is 0.526. The highest BCUT2D eigenvalue weighted by molar-refractivity contribution is 5.99. The average molecular weight is 339 g/mol. The third kappa shape index (κ3) is 3.38. The van der Waals surface area contributed by atoms with Crippen molar-refractivity contribution in [3.8, 4) is 0 Å². The Hall–Kier alpha value is -2.37. The predicted molar refractivity (Wildman–Crippen MR) is 96.7 cm³/mol. The van der Waals surface area contributed by atoms with Crippen molar-refractivity contribution >= 4 is 11.7 Å². The van der Waals surface area contributed by atoms with Crippen LogP contribution in [0.1, 0.15) is 48.5 Å². The molecular weight excluding hydrogens is 314 g/mol. The summed E-state index contributed by atoms with van der Waals surface area (Å²) in [6.45, 7) is 3.51. The van der Waals surface area contributed by atoms with Crippen molar-refractivity contribution in [2.75, 3.05) is 31.1 Å². The van der Waals surface area contributed by atoms with Crippen LogP contribution >= 0.6 is 0 Å². The number of likely N-dealkylation sites (tertiary alicyclic amines) is 1. The number of carbonyl (C=O) groups excluding carboxylic acids is 1. The first-order valence-corrected chi connectivity index (χ1v) is 9.31. The second kappa shape index (κ2) is 7.25. The quantitative estimate of drug-likeness (QED) is 0.863. The highest BCUT2D eigenvalue weighted by Gasteiger charge is 2.28. The van der Waals surface area contributed by atoms with Crippen molar-refractivity contribution in [2.24, 2.45) is 0 Å². The lowest BCUT2D eigenvalue weighted by atomic mass is 10.0. The number of rotatable bonds is 3. The Labute approximate surface area is 148 Å². The second-order valence-electron chi connectivity index (χ2n) is 6.96. The van der Waals surface area contributed by atoms with E-state index in [1.165, 1.54) is 19.3 Å². The lowest BCUT2D eigenvalue weighted by Crippen LogP contribution is -2.42. The number of nitrogens with zero attached hydrogens (tertiary/aromatic N) is 5. The Morgan fingerprint density at radius 1 is 1.04 bits per heavy atom. The van der Waals surface area contributed by atoms with Gasteiger partial charge in [0.05, 0.1) is 11.6 Å². The van der Waals surface area contributed by atoms with Crippen LogP contribution in [0.2, 0.25) is 0 Å². The van der Waals surface area contributed by atoms with Crippen molar-refractivity contribution in [1.29, 1.82) is 0 Å². The van der Waals surface area contributed by atoms with E-state index in [2.05, 4.69) is 15.0 Å². The van der Waals surface area contributed by atoms with Gasteiger partial charge in [-0.05, 0) is 50.3 Å². The normalized spacial score (nSPS) is 21.4. The Bertz CT molecular complexity index is 708. The van der Waals surface area contributed by atoms with E-state index >= 15 is 0 Å². The Balaban J connectivity index is 1.54. The third-order valence-corrected chi connectivity index (χ3v) is 5.26. The van der Waals surface area contributed by atoms with E-state index in [-0.39, 0.29) is 11.9 Å². The van der Waals surface area contributed by atoms with Gasteiger partial charge in [0, 0.05) is 44.8 Å². The zero-order valence-corrected chi connectivity index (χ0v) is 14.5. The highest BCUT2D eigenvalue weighted by Crippen LogP contribution is 2.26. The average Bonchev–Trinajstić information content (AvgIpc) is 3.23. The van der Waals surface area contributed by atoms with Gasteiger partial charge in [0.15, 0.2) is 0 Å². The van der Waals surface area contributed by atoms with Gasteiger partial charge in [-0.1, -0.05) is 0 Å². The lowest BCUT2D eigenvalue weighted by molar-refractivity contribution is 0.0673. The van der Waals surface area contributed by atoms with Gasteiger partial charge in [-0.25, -0.2) is 4.98 Å². The SMILES string of the molecule is O=C(c1cccnc1N1CCCCC1)N1CCC[C@H](n2cccn2)C1. The minimum Gasteiger partial charge on any atom is -0.356 e. The summed E-state index contributed by atoms with van der Waals surface area (Å²) in [4.78, 5) is 22.0. The summed E-state index contributed by atoms with van der Waals surface area (Å²) < 4.78 is 1.98. The van der Waals surface area contributed by atoms with Crippen LogP contribution in [-0.2, 0) is 0 Å². The zero-order chi connectivity index (χ0) is 17.1. The van der Waals surface area contributed by atoms with Gasteiger partial charge in [-0.3, -0.25) is 9.48 Å². The summed E-state index contributed by atoms with van der Waals surface area (Å²) in [6, 6.07) is 6.01. The molecule has 0 N–H and O–H groups in total. The Morgan fingerprint density at radius 2 is 1.92 bits per heavy atom. The molecule has 0 bridgehead atoms. The molecule has 6 nitrogen and oxygen atoms in total. The Kier molecular flexibility index (Phi) is 4.68. The van der Waals surface area contributed by atoms with E-state index in [0.29, 0.717) is 0 Å². The smallest absolute Gasteiger partial charge is 0.257 e. The van der Waals surface area contributed by atoms with Crippen molar-refractivity contribution in [3.05, 3.63) is 42.4 Å². The van der Waals surface area contributed by atoms with Gasteiger partial charge in [-0.2, -0.15) is 5.10 Å². The van der Waals surface area contributed by atoms with E-state index in [1.807, 2.05) is 34.0 Å². The number of hydrogen-bond donors (Lipinski definition) is 0. The molecular formula is C19H25N5O. The molecule has 0 spiro atoms. The monoisotopic (exact) mass is 339 g/mol. The van der Waals surface area contributed by atoms with Gasteiger partial charge >= 0.3 is 0 Å². The maximum absolute atomic E-state index is 13.2. The van der Waals surface area contributed by atoms with E-state index in [1.54, 1.807) is 12.4 Å². The molecule has 0 aliphatic carbocycles. The lowest BCUT2D eigenvalue weighted by Gasteiger charge is -2.34. The molecule has 132 valence electrons. The molecule has 6 heteroatoms. The predicted octanol–water partition coefficient (Wildman–Crippen LogP) is 2.75. The minimum atomic E-state index is 0.102. The van der Waals surface area contributed by atoms with Crippen LogP contribution in [0.15, 0.2) is 36.8 Å². The van der Waals surface area contributed by atoms with Gasteiger partial charge < -0.3 is 9.80 Å².